The Hall–Kier alpha value is -1.88. The number of carbonyl (C=O) groups excluding carboxylic acids is 1. The number of Topliss-reactive ketones (excluding diaryl/α,β-unsaturated/α-hetero) is 1. The van der Waals surface area contributed by atoms with Gasteiger partial charge in [-0.15, -0.1) is 0 Å². The molecule has 2 aromatic carbocycles. The number of alkyl halides is 3. The third-order valence-corrected chi connectivity index (χ3v) is 3.08. The van der Waals surface area contributed by atoms with E-state index in [0.29, 0.717) is 28.8 Å². The SMILES string of the molecule is O=C(Cc1cccc(Cl)c1)c1cc(C(F)(F)F)ccc1F. The maximum Gasteiger partial charge on any atom is 0.416 e. The third kappa shape index (κ3) is 3.82. The molecule has 0 spiro atoms. The summed E-state index contributed by atoms with van der Waals surface area (Å²) in [6.45, 7) is 0. The van der Waals surface area contributed by atoms with Gasteiger partial charge < -0.3 is 0 Å². The zero-order chi connectivity index (χ0) is 15.6. The first-order valence-electron chi connectivity index (χ1n) is 5.92. The summed E-state index contributed by atoms with van der Waals surface area (Å²) in [6, 6.07) is 8.08. The van der Waals surface area contributed by atoms with Gasteiger partial charge in [-0.25, -0.2) is 4.39 Å². The van der Waals surface area contributed by atoms with Crippen molar-refractivity contribution < 1.29 is 22.4 Å². The molecule has 0 bridgehead atoms. The quantitative estimate of drug-likeness (QED) is 0.580. The summed E-state index contributed by atoms with van der Waals surface area (Å²) in [4.78, 5) is 12.0. The molecule has 0 N–H and O–H groups in total. The molecule has 0 saturated heterocycles. The van der Waals surface area contributed by atoms with Crippen LogP contribution in [0.15, 0.2) is 42.5 Å². The van der Waals surface area contributed by atoms with Gasteiger partial charge >= 0.3 is 6.18 Å². The Morgan fingerprint density at radius 1 is 1.10 bits per heavy atom. The summed E-state index contributed by atoms with van der Waals surface area (Å²) in [5.41, 5.74) is -1.13. The molecule has 0 aliphatic carbocycles. The molecule has 0 fully saturated rings. The van der Waals surface area contributed by atoms with E-state index in [9.17, 15) is 22.4 Å². The molecule has 2 rings (SSSR count). The van der Waals surface area contributed by atoms with Crippen LogP contribution in [0.4, 0.5) is 17.6 Å². The van der Waals surface area contributed by atoms with Crippen LogP contribution in [-0.2, 0) is 12.6 Å². The van der Waals surface area contributed by atoms with E-state index in [1.165, 1.54) is 6.07 Å². The minimum atomic E-state index is -4.63. The number of rotatable bonds is 3. The van der Waals surface area contributed by atoms with Crippen LogP contribution in [0.3, 0.4) is 0 Å². The van der Waals surface area contributed by atoms with E-state index >= 15 is 0 Å². The lowest BCUT2D eigenvalue weighted by Crippen LogP contribution is -2.11. The number of hydrogen-bond acceptors (Lipinski definition) is 1. The van der Waals surface area contributed by atoms with Crippen LogP contribution in [0, 0.1) is 5.82 Å². The van der Waals surface area contributed by atoms with Crippen molar-refractivity contribution in [3.63, 3.8) is 0 Å². The fraction of sp³-hybridized carbons (Fsp3) is 0.133. The third-order valence-electron chi connectivity index (χ3n) is 2.85. The largest absolute Gasteiger partial charge is 0.416 e. The highest BCUT2D eigenvalue weighted by Crippen LogP contribution is 2.30. The lowest BCUT2D eigenvalue weighted by molar-refractivity contribution is -0.137. The van der Waals surface area contributed by atoms with Crippen molar-refractivity contribution in [1.29, 1.82) is 0 Å². The van der Waals surface area contributed by atoms with E-state index in [-0.39, 0.29) is 6.42 Å². The first kappa shape index (κ1) is 15.5. The van der Waals surface area contributed by atoms with Gasteiger partial charge in [0.1, 0.15) is 5.82 Å². The molecule has 0 aliphatic heterocycles. The van der Waals surface area contributed by atoms with Crippen LogP contribution in [0.1, 0.15) is 21.5 Å². The van der Waals surface area contributed by atoms with Gasteiger partial charge in [-0.05, 0) is 35.9 Å². The van der Waals surface area contributed by atoms with Gasteiger partial charge in [0.25, 0.3) is 0 Å². The molecule has 6 heteroatoms. The van der Waals surface area contributed by atoms with E-state index < -0.39 is 28.9 Å². The molecule has 0 atom stereocenters. The predicted molar refractivity (Wildman–Crippen MR) is 70.9 cm³/mol. The van der Waals surface area contributed by atoms with Gasteiger partial charge in [-0.2, -0.15) is 13.2 Å². The summed E-state index contributed by atoms with van der Waals surface area (Å²) in [5.74, 6) is -1.71. The molecule has 0 aliphatic rings. The second-order valence-corrected chi connectivity index (χ2v) is 4.86. The number of benzene rings is 2. The Balaban J connectivity index is 2.31. The van der Waals surface area contributed by atoms with Crippen LogP contribution in [0.25, 0.3) is 0 Å². The highest BCUT2D eigenvalue weighted by molar-refractivity contribution is 6.30. The van der Waals surface area contributed by atoms with Gasteiger partial charge in [0.05, 0.1) is 11.1 Å². The summed E-state index contributed by atoms with van der Waals surface area (Å²) in [7, 11) is 0. The standard InChI is InChI=1S/C15H9ClF4O/c16-11-3-1-2-9(6-11)7-14(21)12-8-10(15(18,19)20)4-5-13(12)17/h1-6,8H,7H2. The summed E-state index contributed by atoms with van der Waals surface area (Å²) >= 11 is 5.76. The van der Waals surface area contributed by atoms with Gasteiger partial charge in [-0.3, -0.25) is 4.79 Å². The van der Waals surface area contributed by atoms with Gasteiger partial charge in [0, 0.05) is 11.4 Å². The molecule has 0 heterocycles. The number of carbonyl (C=O) groups is 1. The van der Waals surface area contributed by atoms with Crippen LogP contribution in [0.5, 0.6) is 0 Å². The van der Waals surface area contributed by atoms with Crippen LogP contribution < -0.4 is 0 Å². The minimum absolute atomic E-state index is 0.223. The Morgan fingerprint density at radius 2 is 1.81 bits per heavy atom. The van der Waals surface area contributed by atoms with Crippen molar-refractivity contribution in [3.8, 4) is 0 Å². The molecular weight excluding hydrogens is 308 g/mol. The summed E-state index contributed by atoms with van der Waals surface area (Å²) in [6.07, 6.45) is -4.85. The van der Waals surface area contributed by atoms with Crippen molar-refractivity contribution in [2.75, 3.05) is 0 Å². The van der Waals surface area contributed by atoms with Gasteiger partial charge in [-0.1, -0.05) is 23.7 Å². The maximum atomic E-state index is 13.6. The predicted octanol–water partition coefficient (Wildman–Crippen LogP) is 4.92. The number of ketones is 1. The lowest BCUT2D eigenvalue weighted by atomic mass is 10.0. The molecular formula is C15H9ClF4O. The molecule has 0 aromatic heterocycles. The molecule has 0 unspecified atom stereocenters. The first-order chi connectivity index (χ1) is 9.77. The number of hydrogen-bond donors (Lipinski definition) is 0. The van der Waals surface area contributed by atoms with Crippen molar-refractivity contribution in [3.05, 3.63) is 70.0 Å². The van der Waals surface area contributed by atoms with Gasteiger partial charge in [0.2, 0.25) is 0 Å². The Labute approximate surface area is 123 Å². The Bertz CT molecular complexity index is 680. The van der Waals surface area contributed by atoms with E-state index in [1.54, 1.807) is 18.2 Å². The smallest absolute Gasteiger partial charge is 0.294 e. The fourth-order valence-corrected chi connectivity index (χ4v) is 2.06. The van der Waals surface area contributed by atoms with Crippen LogP contribution in [-0.4, -0.2) is 5.78 Å². The summed E-state index contributed by atoms with van der Waals surface area (Å²) < 4.78 is 51.4. The number of halogens is 5. The second-order valence-electron chi connectivity index (χ2n) is 4.42. The molecule has 0 radical (unpaired) electrons. The average molecular weight is 317 g/mol. The zero-order valence-electron chi connectivity index (χ0n) is 10.5. The van der Waals surface area contributed by atoms with E-state index in [4.69, 9.17) is 11.6 Å². The Morgan fingerprint density at radius 3 is 2.43 bits per heavy atom. The highest BCUT2D eigenvalue weighted by Gasteiger charge is 2.31. The molecule has 0 amide bonds. The highest BCUT2D eigenvalue weighted by atomic mass is 35.5. The fourth-order valence-electron chi connectivity index (χ4n) is 1.84. The zero-order valence-corrected chi connectivity index (χ0v) is 11.3. The lowest BCUT2D eigenvalue weighted by Gasteiger charge is -2.09. The van der Waals surface area contributed by atoms with Crippen molar-refractivity contribution in [2.45, 2.75) is 12.6 Å². The Kier molecular flexibility index (Phi) is 4.32. The van der Waals surface area contributed by atoms with Crippen molar-refractivity contribution in [1.82, 2.24) is 0 Å². The molecule has 1 nitrogen and oxygen atoms in total. The second kappa shape index (κ2) is 5.85. The van der Waals surface area contributed by atoms with Gasteiger partial charge in [0.15, 0.2) is 5.78 Å². The molecule has 0 saturated carbocycles. The minimum Gasteiger partial charge on any atom is -0.294 e. The van der Waals surface area contributed by atoms with E-state index in [0.717, 1.165) is 0 Å². The van der Waals surface area contributed by atoms with Crippen molar-refractivity contribution in [2.24, 2.45) is 0 Å². The van der Waals surface area contributed by atoms with Crippen LogP contribution in [0.2, 0.25) is 5.02 Å². The van der Waals surface area contributed by atoms with E-state index in [2.05, 4.69) is 0 Å². The molecule has 21 heavy (non-hydrogen) atoms. The van der Waals surface area contributed by atoms with Crippen molar-refractivity contribution >= 4 is 17.4 Å². The monoisotopic (exact) mass is 316 g/mol. The summed E-state index contributed by atoms with van der Waals surface area (Å²) in [5, 5.41) is 0.393. The topological polar surface area (TPSA) is 17.1 Å². The maximum absolute atomic E-state index is 13.6. The van der Waals surface area contributed by atoms with Crippen LogP contribution >= 0.6 is 11.6 Å². The van der Waals surface area contributed by atoms with E-state index in [1.807, 2.05) is 0 Å². The average Bonchev–Trinajstić information content (AvgIpc) is 2.37. The molecule has 2 aromatic rings. The normalized spacial score (nSPS) is 11.5. The molecule has 110 valence electrons. The first-order valence-corrected chi connectivity index (χ1v) is 6.29.